The Morgan fingerprint density at radius 1 is 1.14 bits per heavy atom. The Labute approximate surface area is 125 Å². The molecular weight excluding hydrogens is 312 g/mol. The van der Waals surface area contributed by atoms with E-state index < -0.39 is 24.3 Å². The molecule has 1 atom stereocenters. The van der Waals surface area contributed by atoms with Gasteiger partial charge in [0.25, 0.3) is 9.84 Å². The third-order valence-electron chi connectivity index (χ3n) is 3.02. The van der Waals surface area contributed by atoms with Gasteiger partial charge in [-0.05, 0) is 18.6 Å². The van der Waals surface area contributed by atoms with Crippen molar-refractivity contribution in [2.24, 2.45) is 0 Å². The zero-order chi connectivity index (χ0) is 15.9. The van der Waals surface area contributed by atoms with E-state index in [0.717, 1.165) is 12.8 Å². The van der Waals surface area contributed by atoms with Crippen LogP contribution >= 0.6 is 0 Å². The molecule has 1 aromatic rings. The molecule has 1 unspecified atom stereocenters. The molecule has 21 heavy (non-hydrogen) atoms. The Morgan fingerprint density at radius 2 is 1.76 bits per heavy atom. The van der Waals surface area contributed by atoms with Gasteiger partial charge in [-0.25, -0.2) is 16.8 Å². The van der Waals surface area contributed by atoms with E-state index in [1.807, 2.05) is 6.92 Å². The maximum Gasteiger partial charge on any atom is 0.371 e. The third-order valence-corrected chi connectivity index (χ3v) is 7.80. The largest absolute Gasteiger partial charge is 0.371 e. The summed E-state index contributed by atoms with van der Waals surface area (Å²) in [6.07, 6.45) is 2.00. The number of nitrogens with zero attached hydrogens (tertiary/aromatic N) is 2. The molecule has 0 N–H and O–H groups in total. The number of sulfone groups is 2. The smallest absolute Gasteiger partial charge is 0.361 e. The van der Waals surface area contributed by atoms with E-state index in [9.17, 15) is 16.8 Å². The van der Waals surface area contributed by atoms with Crippen LogP contribution in [0.1, 0.15) is 32.6 Å². The van der Waals surface area contributed by atoms with Crippen LogP contribution in [0.15, 0.2) is 35.2 Å². The molecule has 0 saturated carbocycles. The number of hydrogen-bond donors (Lipinski definition) is 0. The van der Waals surface area contributed by atoms with E-state index >= 15 is 0 Å². The van der Waals surface area contributed by atoms with Gasteiger partial charge >= 0.3 is 5.55 Å². The molecule has 0 spiro atoms. The van der Waals surface area contributed by atoms with Crippen molar-refractivity contribution >= 4 is 25.2 Å². The molecule has 0 aliphatic carbocycles. The lowest BCUT2D eigenvalue weighted by Crippen LogP contribution is -2.31. The monoisotopic (exact) mass is 330 g/mol. The van der Waals surface area contributed by atoms with Crippen molar-refractivity contribution in [2.45, 2.75) is 42.1 Å². The van der Waals surface area contributed by atoms with Crippen molar-refractivity contribution < 1.29 is 21.6 Å². The average Bonchev–Trinajstić information content (AvgIpc) is 2.44. The fourth-order valence-electron chi connectivity index (χ4n) is 1.95. The van der Waals surface area contributed by atoms with Gasteiger partial charge in [0.15, 0.2) is 14.4 Å². The summed E-state index contributed by atoms with van der Waals surface area (Å²) in [5, 5.41) is 0. The highest BCUT2D eigenvalue weighted by molar-refractivity contribution is 8.15. The van der Waals surface area contributed by atoms with Gasteiger partial charge in [-0.2, -0.15) is 4.79 Å². The van der Waals surface area contributed by atoms with E-state index in [4.69, 9.17) is 5.53 Å². The van der Waals surface area contributed by atoms with Crippen molar-refractivity contribution in [3.63, 3.8) is 0 Å². The second-order valence-corrected chi connectivity index (χ2v) is 8.98. The van der Waals surface area contributed by atoms with Crippen molar-refractivity contribution in [1.82, 2.24) is 0 Å². The Hall–Kier alpha value is -1.50. The van der Waals surface area contributed by atoms with Crippen LogP contribution in [0.5, 0.6) is 0 Å². The third kappa shape index (κ3) is 4.49. The molecule has 0 bridgehead atoms. The van der Waals surface area contributed by atoms with Gasteiger partial charge in [-0.15, -0.1) is 0 Å². The molecule has 116 valence electrons. The molecule has 0 aliphatic rings. The van der Waals surface area contributed by atoms with Crippen molar-refractivity contribution in [2.75, 3.05) is 0 Å². The van der Waals surface area contributed by atoms with Crippen LogP contribution in [0.3, 0.4) is 0 Å². The summed E-state index contributed by atoms with van der Waals surface area (Å²) in [4.78, 5) is 2.43. The predicted octanol–water partition coefficient (Wildman–Crippen LogP) is 2.04. The molecule has 0 amide bonds. The summed E-state index contributed by atoms with van der Waals surface area (Å²) in [5.74, 6) is 0. The molecule has 8 heteroatoms. The van der Waals surface area contributed by atoms with Gasteiger partial charge in [-0.1, -0.05) is 44.4 Å². The summed E-state index contributed by atoms with van der Waals surface area (Å²) in [6, 6.07) is 7.42. The first kappa shape index (κ1) is 17.6. The predicted molar refractivity (Wildman–Crippen MR) is 80.2 cm³/mol. The maximum absolute atomic E-state index is 12.5. The molecule has 1 rings (SSSR count). The molecule has 0 heterocycles. The number of hydrogen-bond acceptors (Lipinski definition) is 4. The van der Waals surface area contributed by atoms with Crippen LogP contribution in [0.4, 0.5) is 0 Å². The number of unbranched alkanes of at least 4 members (excludes halogenated alkanes) is 2. The van der Waals surface area contributed by atoms with Crippen LogP contribution in [-0.4, -0.2) is 31.8 Å². The zero-order valence-corrected chi connectivity index (χ0v) is 13.3. The topological polar surface area (TPSA) is 105 Å². The second kappa shape index (κ2) is 7.49. The van der Waals surface area contributed by atoms with Gasteiger partial charge in [-0.3, -0.25) is 0 Å². The molecule has 0 saturated heterocycles. The Bertz CT molecular complexity index is 706. The molecular formula is C13H18N2O4S2. The zero-order valence-electron chi connectivity index (χ0n) is 11.7. The summed E-state index contributed by atoms with van der Waals surface area (Å²) in [7, 11) is -8.24. The molecule has 0 aliphatic heterocycles. The normalized spacial score (nSPS) is 13.4. The summed E-state index contributed by atoms with van der Waals surface area (Å²) < 4.78 is 47.5. The van der Waals surface area contributed by atoms with Gasteiger partial charge in [0, 0.05) is 0 Å². The highest BCUT2D eigenvalue weighted by Crippen LogP contribution is 2.24. The lowest BCUT2D eigenvalue weighted by atomic mass is 10.2. The number of benzene rings is 1. The standard InChI is InChI=1S/C13H18N2O4S2/c1-2-3-5-10-13(20(16,17)11-15-14)21(18,19)12-8-6-4-7-9-12/h4,6-9,11,13H,2-3,5,10H2,1H3. The summed E-state index contributed by atoms with van der Waals surface area (Å²) >= 11 is 0. The fraction of sp³-hybridized carbons (Fsp3) is 0.462. The first-order valence-corrected chi connectivity index (χ1v) is 9.72. The fourth-order valence-corrected chi connectivity index (χ4v) is 5.93. The molecule has 1 aromatic carbocycles. The van der Waals surface area contributed by atoms with Crippen LogP contribution in [-0.2, 0) is 19.7 Å². The SMILES string of the molecule is CCCCCC(S(=O)(=O)C=[N+]=[N-])S(=O)(=O)c1ccccc1. The van der Waals surface area contributed by atoms with Gasteiger partial charge in [0.1, 0.15) is 0 Å². The Balaban J connectivity index is 3.27. The summed E-state index contributed by atoms with van der Waals surface area (Å²) in [5.41, 5.74) is 8.75. The molecule has 0 aromatic heterocycles. The first-order chi connectivity index (χ1) is 9.86. The van der Waals surface area contributed by atoms with Crippen LogP contribution in [0.25, 0.3) is 5.53 Å². The highest BCUT2D eigenvalue weighted by Gasteiger charge is 2.39. The molecule has 0 fully saturated rings. The minimum atomic E-state index is -4.19. The lowest BCUT2D eigenvalue weighted by molar-refractivity contribution is 0.00750. The molecule has 6 nitrogen and oxygen atoms in total. The van der Waals surface area contributed by atoms with E-state index in [2.05, 4.69) is 4.79 Å². The van der Waals surface area contributed by atoms with Crippen LogP contribution < -0.4 is 0 Å². The Morgan fingerprint density at radius 3 is 2.29 bits per heavy atom. The highest BCUT2D eigenvalue weighted by atomic mass is 32.3. The second-order valence-electron chi connectivity index (χ2n) is 4.59. The first-order valence-electron chi connectivity index (χ1n) is 6.56. The van der Waals surface area contributed by atoms with E-state index in [1.54, 1.807) is 6.07 Å². The minimum Gasteiger partial charge on any atom is -0.361 e. The maximum atomic E-state index is 12.5. The average molecular weight is 330 g/mol. The van der Waals surface area contributed by atoms with Crippen molar-refractivity contribution in [3.05, 3.63) is 35.9 Å². The minimum absolute atomic E-state index is 0.0284. The van der Waals surface area contributed by atoms with E-state index in [-0.39, 0.29) is 11.3 Å². The Kier molecular flexibility index (Phi) is 6.26. The molecule has 0 radical (unpaired) electrons. The van der Waals surface area contributed by atoms with Crippen LogP contribution in [0.2, 0.25) is 0 Å². The van der Waals surface area contributed by atoms with E-state index in [1.165, 1.54) is 24.3 Å². The van der Waals surface area contributed by atoms with Crippen molar-refractivity contribution in [1.29, 1.82) is 0 Å². The van der Waals surface area contributed by atoms with Crippen molar-refractivity contribution in [3.8, 4) is 0 Å². The van der Waals surface area contributed by atoms with Gasteiger partial charge < -0.3 is 5.53 Å². The van der Waals surface area contributed by atoms with E-state index in [0.29, 0.717) is 12.0 Å². The van der Waals surface area contributed by atoms with Gasteiger partial charge in [0.2, 0.25) is 0 Å². The lowest BCUT2D eigenvalue weighted by Gasteiger charge is -2.14. The van der Waals surface area contributed by atoms with Crippen LogP contribution in [0, 0.1) is 0 Å². The quantitative estimate of drug-likeness (QED) is 0.239. The van der Waals surface area contributed by atoms with Gasteiger partial charge in [0.05, 0.1) is 4.90 Å². The summed E-state index contributed by atoms with van der Waals surface area (Å²) in [6.45, 7) is 1.93. The number of rotatable bonds is 8.